The molecular weight excluding hydrogens is 384 g/mol. The molecule has 0 bridgehead atoms. The van der Waals surface area contributed by atoms with Crippen molar-refractivity contribution in [3.8, 4) is 0 Å². The summed E-state index contributed by atoms with van der Waals surface area (Å²) in [5.41, 5.74) is 1.48. The monoisotopic (exact) mass is 410 g/mol. The van der Waals surface area contributed by atoms with Gasteiger partial charge in [0, 0.05) is 29.6 Å². The maximum absolute atomic E-state index is 13.5. The third-order valence-electron chi connectivity index (χ3n) is 6.34. The molecule has 0 unspecified atom stereocenters. The molecule has 2 aromatic carbocycles. The molecule has 1 aliphatic heterocycles. The molecule has 4 nitrogen and oxygen atoms in total. The Morgan fingerprint density at radius 2 is 1.79 bits per heavy atom. The molecule has 29 heavy (non-hydrogen) atoms. The summed E-state index contributed by atoms with van der Waals surface area (Å²) in [4.78, 5) is 28.6. The van der Waals surface area contributed by atoms with E-state index in [0.717, 1.165) is 36.8 Å². The summed E-state index contributed by atoms with van der Waals surface area (Å²) in [6.07, 6.45) is 6.04. The zero-order valence-electron chi connectivity index (χ0n) is 16.8. The van der Waals surface area contributed by atoms with Gasteiger partial charge in [0.1, 0.15) is 5.54 Å². The molecule has 1 heterocycles. The molecule has 2 aliphatic rings. The summed E-state index contributed by atoms with van der Waals surface area (Å²) in [7, 11) is 0. The van der Waals surface area contributed by atoms with E-state index in [4.69, 9.17) is 11.6 Å². The van der Waals surface area contributed by atoms with Gasteiger partial charge in [-0.3, -0.25) is 9.59 Å². The average Bonchev–Trinajstić information content (AvgIpc) is 2.73. The van der Waals surface area contributed by atoms with Gasteiger partial charge in [-0.1, -0.05) is 67.3 Å². The van der Waals surface area contributed by atoms with E-state index in [2.05, 4.69) is 5.32 Å². The lowest BCUT2D eigenvalue weighted by Gasteiger charge is -2.45. The van der Waals surface area contributed by atoms with Gasteiger partial charge in [0.05, 0.1) is 0 Å². The van der Waals surface area contributed by atoms with E-state index < -0.39 is 5.54 Å². The number of fused-ring (bicyclic) bond motifs is 1. The fourth-order valence-corrected chi connectivity index (χ4v) is 4.75. The van der Waals surface area contributed by atoms with Crippen LogP contribution in [0.3, 0.4) is 0 Å². The second-order valence-corrected chi connectivity index (χ2v) is 8.81. The molecule has 5 heteroatoms. The van der Waals surface area contributed by atoms with Crippen molar-refractivity contribution in [1.82, 2.24) is 10.2 Å². The Hall–Kier alpha value is -2.33. The largest absolute Gasteiger partial charge is 0.351 e. The first-order chi connectivity index (χ1) is 14.0. The first kappa shape index (κ1) is 20.0. The predicted octanol–water partition coefficient (Wildman–Crippen LogP) is 4.75. The van der Waals surface area contributed by atoms with Crippen LogP contribution in [-0.4, -0.2) is 28.3 Å². The average molecular weight is 411 g/mol. The Morgan fingerprint density at radius 1 is 1.10 bits per heavy atom. The van der Waals surface area contributed by atoms with E-state index in [-0.39, 0.29) is 17.9 Å². The quantitative estimate of drug-likeness (QED) is 0.790. The molecule has 2 amide bonds. The molecule has 1 atom stereocenters. The van der Waals surface area contributed by atoms with Gasteiger partial charge < -0.3 is 10.2 Å². The van der Waals surface area contributed by atoms with E-state index in [1.165, 1.54) is 6.42 Å². The minimum Gasteiger partial charge on any atom is -0.351 e. The fraction of sp³-hybridized carbons (Fsp3) is 0.417. The smallest absolute Gasteiger partial charge is 0.255 e. The van der Waals surface area contributed by atoms with Crippen molar-refractivity contribution in [2.75, 3.05) is 0 Å². The van der Waals surface area contributed by atoms with Gasteiger partial charge in [0.2, 0.25) is 5.91 Å². The number of halogens is 1. The summed E-state index contributed by atoms with van der Waals surface area (Å²) in [5.74, 6) is -0.188. The number of amides is 2. The van der Waals surface area contributed by atoms with Crippen molar-refractivity contribution in [3.63, 3.8) is 0 Å². The van der Waals surface area contributed by atoms with Gasteiger partial charge in [0.25, 0.3) is 5.91 Å². The van der Waals surface area contributed by atoms with Crippen LogP contribution in [-0.2, 0) is 17.8 Å². The fourth-order valence-electron chi connectivity index (χ4n) is 4.55. The predicted molar refractivity (Wildman–Crippen MR) is 115 cm³/mol. The number of carbonyl (C=O) groups excluding carboxylic acids is 2. The zero-order chi connectivity index (χ0) is 20.4. The van der Waals surface area contributed by atoms with Crippen LogP contribution in [0.4, 0.5) is 0 Å². The Kier molecular flexibility index (Phi) is 5.64. The maximum atomic E-state index is 13.5. The van der Waals surface area contributed by atoms with Gasteiger partial charge >= 0.3 is 0 Å². The lowest BCUT2D eigenvalue weighted by Crippen LogP contribution is -2.63. The molecule has 1 N–H and O–H groups in total. The maximum Gasteiger partial charge on any atom is 0.255 e. The number of hydrogen-bond acceptors (Lipinski definition) is 2. The van der Waals surface area contributed by atoms with Gasteiger partial charge in [0.15, 0.2) is 0 Å². The third kappa shape index (κ3) is 3.91. The van der Waals surface area contributed by atoms with Crippen molar-refractivity contribution >= 4 is 23.4 Å². The summed E-state index contributed by atoms with van der Waals surface area (Å²) in [6.45, 7) is 2.19. The molecule has 0 aromatic heterocycles. The molecule has 0 radical (unpaired) electrons. The highest BCUT2D eigenvalue weighted by atomic mass is 35.5. The van der Waals surface area contributed by atoms with Gasteiger partial charge in [-0.2, -0.15) is 0 Å². The van der Waals surface area contributed by atoms with Crippen molar-refractivity contribution in [2.24, 2.45) is 0 Å². The Bertz CT molecular complexity index is 923. The molecule has 0 saturated heterocycles. The molecular formula is C24H27ClN2O2. The molecule has 0 spiro atoms. The lowest BCUT2D eigenvalue weighted by molar-refractivity contribution is -0.133. The number of carbonyl (C=O) groups is 2. The van der Waals surface area contributed by atoms with Crippen LogP contribution in [0.2, 0.25) is 5.02 Å². The molecule has 1 aliphatic carbocycles. The van der Waals surface area contributed by atoms with Crippen LogP contribution in [0.25, 0.3) is 0 Å². The Labute approximate surface area is 177 Å². The van der Waals surface area contributed by atoms with E-state index in [1.54, 1.807) is 4.90 Å². The van der Waals surface area contributed by atoms with Crippen molar-refractivity contribution in [1.29, 1.82) is 0 Å². The number of nitrogens with zero attached hydrogens (tertiary/aromatic N) is 1. The normalized spacial score (nSPS) is 22.3. The summed E-state index contributed by atoms with van der Waals surface area (Å²) in [5, 5.41) is 3.85. The van der Waals surface area contributed by atoms with E-state index in [0.29, 0.717) is 23.6 Å². The topological polar surface area (TPSA) is 49.4 Å². The Balaban J connectivity index is 1.68. The summed E-state index contributed by atoms with van der Waals surface area (Å²) in [6, 6.07) is 15.3. The third-order valence-corrected chi connectivity index (χ3v) is 6.71. The van der Waals surface area contributed by atoms with Crippen LogP contribution < -0.4 is 5.32 Å². The number of rotatable bonds is 4. The van der Waals surface area contributed by atoms with Gasteiger partial charge in [-0.25, -0.2) is 0 Å². The second kappa shape index (κ2) is 8.19. The van der Waals surface area contributed by atoms with E-state index >= 15 is 0 Å². The van der Waals surface area contributed by atoms with Crippen LogP contribution >= 0.6 is 11.6 Å². The highest BCUT2D eigenvalue weighted by Gasteiger charge is 2.47. The molecule has 1 saturated carbocycles. The second-order valence-electron chi connectivity index (χ2n) is 8.40. The van der Waals surface area contributed by atoms with Crippen LogP contribution in [0, 0.1) is 0 Å². The van der Waals surface area contributed by atoms with Crippen molar-refractivity contribution in [2.45, 2.75) is 63.6 Å². The minimum absolute atomic E-state index is 0.0701. The zero-order valence-corrected chi connectivity index (χ0v) is 17.5. The SMILES string of the molecule is C[C@@]1(C(=O)NC2CCCCC2)Cc2ccccc2C(=O)N1Cc1ccccc1Cl. The summed E-state index contributed by atoms with van der Waals surface area (Å²) >= 11 is 6.38. The van der Waals surface area contributed by atoms with Crippen LogP contribution in [0.15, 0.2) is 48.5 Å². The first-order valence-corrected chi connectivity index (χ1v) is 10.8. The Morgan fingerprint density at radius 3 is 2.55 bits per heavy atom. The summed E-state index contributed by atoms with van der Waals surface area (Å²) < 4.78 is 0. The first-order valence-electron chi connectivity index (χ1n) is 10.4. The number of hydrogen-bond donors (Lipinski definition) is 1. The van der Waals surface area contributed by atoms with Crippen molar-refractivity contribution < 1.29 is 9.59 Å². The molecule has 152 valence electrons. The van der Waals surface area contributed by atoms with Gasteiger partial charge in [-0.15, -0.1) is 0 Å². The highest BCUT2D eigenvalue weighted by Crippen LogP contribution is 2.34. The molecule has 1 fully saturated rings. The molecule has 4 rings (SSSR count). The van der Waals surface area contributed by atoms with E-state index in [1.807, 2.05) is 55.5 Å². The van der Waals surface area contributed by atoms with Crippen LogP contribution in [0.1, 0.15) is 60.5 Å². The lowest BCUT2D eigenvalue weighted by atomic mass is 9.82. The van der Waals surface area contributed by atoms with Crippen molar-refractivity contribution in [3.05, 3.63) is 70.2 Å². The standard InChI is InChI=1S/C24H27ClN2O2/c1-24(23(29)26-19-11-3-2-4-12-19)15-17-9-5-7-13-20(17)22(28)27(24)16-18-10-6-8-14-21(18)25/h5-10,13-14,19H,2-4,11-12,15-16H2,1H3,(H,26,29)/t24-/m0/s1. The van der Waals surface area contributed by atoms with Gasteiger partial charge in [-0.05, 0) is 43.0 Å². The minimum atomic E-state index is -0.956. The highest BCUT2D eigenvalue weighted by molar-refractivity contribution is 6.31. The molecule has 2 aromatic rings. The number of nitrogens with one attached hydrogen (secondary N) is 1. The van der Waals surface area contributed by atoms with E-state index in [9.17, 15) is 9.59 Å². The van der Waals surface area contributed by atoms with Crippen LogP contribution in [0.5, 0.6) is 0 Å². The number of benzene rings is 2.